The minimum absolute atomic E-state index is 0.175. The molecule has 0 radical (unpaired) electrons. The van der Waals surface area contributed by atoms with E-state index in [1.165, 1.54) is 5.56 Å². The number of aryl methyl sites for hydroxylation is 1. The number of hydrogen-bond acceptors (Lipinski definition) is 2. The molecule has 1 unspecified atom stereocenters. The molecule has 30 heavy (non-hydrogen) atoms. The van der Waals surface area contributed by atoms with Crippen LogP contribution in [0.4, 0.5) is 0 Å². The van der Waals surface area contributed by atoms with Gasteiger partial charge >= 0.3 is 0 Å². The summed E-state index contributed by atoms with van der Waals surface area (Å²) in [7, 11) is 2.11. The van der Waals surface area contributed by atoms with Gasteiger partial charge in [0, 0.05) is 18.7 Å². The molecule has 5 nitrogen and oxygen atoms in total. The van der Waals surface area contributed by atoms with Crippen molar-refractivity contribution >= 4 is 5.91 Å². The van der Waals surface area contributed by atoms with Crippen LogP contribution >= 0.6 is 0 Å². The number of quaternary nitrogens is 1. The number of hydrogen-bond donors (Lipinski definition) is 1. The largest absolute Gasteiger partial charge is 0.338 e. The van der Waals surface area contributed by atoms with Gasteiger partial charge in [0.05, 0.1) is 29.7 Å². The second-order valence-electron chi connectivity index (χ2n) is 7.77. The zero-order valence-corrected chi connectivity index (χ0v) is 18.7. The molecular formula is C25H33N4O+. The molecule has 2 atom stereocenters. The van der Waals surface area contributed by atoms with E-state index in [1.807, 2.05) is 59.8 Å². The Hall–Kier alpha value is -2.92. The lowest BCUT2D eigenvalue weighted by Crippen LogP contribution is -3.09. The number of carbonyl (C=O) groups excluding carboxylic acids is 1. The summed E-state index contributed by atoms with van der Waals surface area (Å²) in [5, 5.41) is 4.79. The highest BCUT2D eigenvalue weighted by Crippen LogP contribution is 2.19. The Morgan fingerprint density at radius 1 is 1.00 bits per heavy atom. The van der Waals surface area contributed by atoms with Gasteiger partial charge in [-0.1, -0.05) is 48.5 Å². The molecule has 0 fully saturated rings. The number of para-hydroxylation sites is 1. The van der Waals surface area contributed by atoms with Gasteiger partial charge in [-0.25, -0.2) is 4.68 Å². The fraction of sp³-hybridized carbons (Fsp3) is 0.360. The van der Waals surface area contributed by atoms with Gasteiger partial charge in [-0.05, 0) is 39.8 Å². The number of amides is 1. The van der Waals surface area contributed by atoms with E-state index in [0.29, 0.717) is 0 Å². The van der Waals surface area contributed by atoms with E-state index in [2.05, 4.69) is 45.2 Å². The van der Waals surface area contributed by atoms with E-state index < -0.39 is 0 Å². The fourth-order valence-corrected chi connectivity index (χ4v) is 4.13. The van der Waals surface area contributed by atoms with Gasteiger partial charge in [0.25, 0.3) is 5.91 Å². The predicted molar refractivity (Wildman–Crippen MR) is 121 cm³/mol. The third kappa shape index (κ3) is 4.46. The first-order valence-electron chi connectivity index (χ1n) is 10.7. The Morgan fingerprint density at radius 3 is 2.13 bits per heavy atom. The summed E-state index contributed by atoms with van der Waals surface area (Å²) in [4.78, 5) is 16.5. The highest BCUT2D eigenvalue weighted by Gasteiger charge is 2.33. The minimum atomic E-state index is -0.245. The quantitative estimate of drug-likeness (QED) is 0.626. The summed E-state index contributed by atoms with van der Waals surface area (Å²) in [5.41, 5.74) is 5.45. The van der Waals surface area contributed by atoms with Crippen LogP contribution < -0.4 is 4.90 Å². The lowest BCUT2D eigenvalue weighted by Gasteiger charge is -2.29. The zero-order chi connectivity index (χ0) is 21.7. The van der Waals surface area contributed by atoms with Gasteiger partial charge in [0.15, 0.2) is 6.04 Å². The van der Waals surface area contributed by atoms with Gasteiger partial charge < -0.3 is 9.80 Å². The average molecular weight is 406 g/mol. The molecule has 0 aliphatic heterocycles. The smallest absolute Gasteiger partial charge is 0.285 e. The van der Waals surface area contributed by atoms with Crippen molar-refractivity contribution in [1.82, 2.24) is 14.7 Å². The molecule has 2 aromatic carbocycles. The van der Waals surface area contributed by atoms with E-state index in [1.54, 1.807) is 0 Å². The van der Waals surface area contributed by atoms with E-state index in [9.17, 15) is 4.79 Å². The Morgan fingerprint density at radius 2 is 1.57 bits per heavy atom. The molecule has 158 valence electrons. The number of likely N-dealkylation sites (N-methyl/N-ethyl adjacent to an activating group) is 2. The molecule has 1 N–H and O–H groups in total. The van der Waals surface area contributed by atoms with Crippen molar-refractivity contribution in [1.29, 1.82) is 0 Å². The molecule has 5 heteroatoms. The fourth-order valence-electron chi connectivity index (χ4n) is 4.13. The Kier molecular flexibility index (Phi) is 7.06. The van der Waals surface area contributed by atoms with Gasteiger partial charge in [-0.15, -0.1) is 0 Å². The number of carbonyl (C=O) groups is 1. The van der Waals surface area contributed by atoms with Gasteiger partial charge in [-0.2, -0.15) is 5.10 Å². The van der Waals surface area contributed by atoms with Crippen LogP contribution in [0.25, 0.3) is 5.69 Å². The van der Waals surface area contributed by atoms with Crippen LogP contribution in [-0.2, 0) is 11.3 Å². The molecule has 0 saturated heterocycles. The number of benzene rings is 2. The monoisotopic (exact) mass is 405 g/mol. The van der Waals surface area contributed by atoms with Crippen molar-refractivity contribution in [3.63, 3.8) is 0 Å². The highest BCUT2D eigenvalue weighted by atomic mass is 16.2. The molecule has 1 amide bonds. The molecule has 0 aliphatic carbocycles. The summed E-state index contributed by atoms with van der Waals surface area (Å²) in [6, 6.07) is 20.1. The molecular weight excluding hydrogens is 372 g/mol. The maximum atomic E-state index is 13.4. The van der Waals surface area contributed by atoms with Crippen molar-refractivity contribution in [2.75, 3.05) is 20.1 Å². The Labute approximate surface area is 179 Å². The van der Waals surface area contributed by atoms with Crippen LogP contribution in [0.3, 0.4) is 0 Å². The molecule has 0 aliphatic rings. The lowest BCUT2D eigenvalue weighted by atomic mass is 10.0. The second kappa shape index (κ2) is 9.72. The van der Waals surface area contributed by atoms with Crippen molar-refractivity contribution < 1.29 is 9.69 Å². The van der Waals surface area contributed by atoms with E-state index in [0.717, 1.165) is 47.2 Å². The number of rotatable bonds is 8. The van der Waals surface area contributed by atoms with Crippen LogP contribution in [0.15, 0.2) is 60.7 Å². The minimum Gasteiger partial charge on any atom is -0.338 e. The molecule has 0 spiro atoms. The number of nitrogens with zero attached hydrogens (tertiary/aromatic N) is 3. The maximum absolute atomic E-state index is 13.4. The van der Waals surface area contributed by atoms with Crippen LogP contribution in [0.2, 0.25) is 0 Å². The van der Waals surface area contributed by atoms with Crippen molar-refractivity contribution in [3.8, 4) is 5.69 Å². The van der Waals surface area contributed by atoms with E-state index in [4.69, 9.17) is 5.10 Å². The summed E-state index contributed by atoms with van der Waals surface area (Å²) in [6.07, 6.45) is 0. The van der Waals surface area contributed by atoms with Gasteiger partial charge in [-0.3, -0.25) is 4.79 Å². The Bertz CT molecular complexity index is 962. The van der Waals surface area contributed by atoms with E-state index in [-0.39, 0.29) is 11.9 Å². The molecule has 1 aromatic heterocycles. The highest BCUT2D eigenvalue weighted by molar-refractivity contribution is 5.82. The molecule has 3 aromatic rings. The predicted octanol–water partition coefficient (Wildman–Crippen LogP) is 3.11. The van der Waals surface area contributed by atoms with E-state index >= 15 is 0 Å². The zero-order valence-electron chi connectivity index (χ0n) is 18.7. The standard InChI is InChI=1S/C25H32N4O/c1-6-28(7-2)25(30)24(21-14-10-8-11-15-21)27(5)18-23-19(3)26-29(20(23)4)22-16-12-9-13-17-22/h8-17,24H,6-7,18H2,1-5H3/p+1/t24-/m1/s1. The normalized spacial score (nSPS) is 13.1. The summed E-state index contributed by atoms with van der Waals surface area (Å²) >= 11 is 0. The van der Waals surface area contributed by atoms with Crippen LogP contribution in [0, 0.1) is 13.8 Å². The molecule has 3 rings (SSSR count). The van der Waals surface area contributed by atoms with Crippen LogP contribution in [0.1, 0.15) is 42.4 Å². The first-order chi connectivity index (χ1) is 14.5. The van der Waals surface area contributed by atoms with Crippen molar-refractivity contribution in [2.24, 2.45) is 0 Å². The van der Waals surface area contributed by atoms with Gasteiger partial charge in [0.2, 0.25) is 0 Å². The third-order valence-corrected chi connectivity index (χ3v) is 5.85. The lowest BCUT2D eigenvalue weighted by molar-refractivity contribution is -0.916. The van der Waals surface area contributed by atoms with Crippen LogP contribution in [0.5, 0.6) is 0 Å². The molecule has 1 heterocycles. The van der Waals surface area contributed by atoms with Crippen molar-refractivity contribution in [3.05, 3.63) is 83.2 Å². The number of aromatic nitrogens is 2. The third-order valence-electron chi connectivity index (χ3n) is 5.85. The first kappa shape index (κ1) is 21.8. The molecule has 0 saturated carbocycles. The average Bonchev–Trinajstić information content (AvgIpc) is 3.04. The summed E-state index contributed by atoms with van der Waals surface area (Å²) in [5.74, 6) is 0.175. The topological polar surface area (TPSA) is 42.6 Å². The maximum Gasteiger partial charge on any atom is 0.285 e. The summed E-state index contributed by atoms with van der Waals surface area (Å²) < 4.78 is 2.00. The van der Waals surface area contributed by atoms with Crippen LogP contribution in [-0.4, -0.2) is 40.7 Å². The Balaban J connectivity index is 1.94. The number of nitrogens with one attached hydrogen (secondary N) is 1. The SMILES string of the molecule is CCN(CC)C(=O)[C@@H](c1ccccc1)[NH+](C)Cc1c(C)nn(-c2ccccc2)c1C. The molecule has 0 bridgehead atoms. The first-order valence-corrected chi connectivity index (χ1v) is 10.7. The van der Waals surface area contributed by atoms with Gasteiger partial charge in [0.1, 0.15) is 6.54 Å². The second-order valence-corrected chi connectivity index (χ2v) is 7.77. The van der Waals surface area contributed by atoms with Crippen molar-refractivity contribution in [2.45, 2.75) is 40.3 Å². The summed E-state index contributed by atoms with van der Waals surface area (Å²) in [6.45, 7) is 10.4.